The van der Waals surface area contributed by atoms with Gasteiger partial charge in [0, 0.05) is 25.3 Å². The van der Waals surface area contributed by atoms with Gasteiger partial charge in [-0.1, -0.05) is 0 Å². The molecule has 11 heteroatoms. The molecule has 2 aromatic carbocycles. The van der Waals surface area contributed by atoms with Crippen molar-refractivity contribution < 1.29 is 42.0 Å². The maximum Gasteiger partial charge on any atom is 0.337 e. The summed E-state index contributed by atoms with van der Waals surface area (Å²) < 4.78 is 55.0. The van der Waals surface area contributed by atoms with Crippen molar-refractivity contribution in [2.75, 3.05) is 45.4 Å². The second-order valence-electron chi connectivity index (χ2n) is 6.28. The second kappa shape index (κ2) is 11.4. The normalized spacial score (nSPS) is 11.0. The highest BCUT2D eigenvalue weighted by Crippen LogP contribution is 2.36. The number of ether oxygens (including phenoxy) is 5. The van der Waals surface area contributed by atoms with Gasteiger partial charge in [0.2, 0.25) is 0 Å². The topological polar surface area (TPSA) is 130 Å². The third-order valence-corrected chi connectivity index (χ3v) is 5.51. The maximum atomic E-state index is 13.0. The lowest BCUT2D eigenvalue weighted by Gasteiger charge is -2.17. The number of hydrogen-bond acceptors (Lipinski definition) is 8. The zero-order valence-electron chi connectivity index (χ0n) is 18.3. The van der Waals surface area contributed by atoms with E-state index in [1.54, 1.807) is 13.8 Å². The van der Waals surface area contributed by atoms with Crippen LogP contribution in [0, 0.1) is 0 Å². The van der Waals surface area contributed by atoms with Crippen molar-refractivity contribution in [3.8, 4) is 23.0 Å². The fourth-order valence-corrected chi connectivity index (χ4v) is 3.82. The summed E-state index contributed by atoms with van der Waals surface area (Å²) in [4.78, 5) is 11.6. The third-order valence-electron chi connectivity index (χ3n) is 4.15. The highest BCUT2D eigenvalue weighted by molar-refractivity contribution is 7.92. The minimum absolute atomic E-state index is 0.126. The second-order valence-corrected chi connectivity index (χ2v) is 7.96. The largest absolute Gasteiger partial charge is 0.493 e. The Bertz CT molecular complexity index is 1040. The Hall–Kier alpha value is -3.18. The fourth-order valence-electron chi connectivity index (χ4n) is 2.73. The Morgan fingerprint density at radius 2 is 1.56 bits per heavy atom. The number of hydrogen-bond donors (Lipinski definition) is 2. The van der Waals surface area contributed by atoms with Crippen LogP contribution in [0.1, 0.15) is 24.2 Å². The molecule has 0 aliphatic heterocycles. The molecule has 0 saturated carbocycles. The molecular formula is C21H27NO9S. The molecule has 10 nitrogen and oxygen atoms in total. The van der Waals surface area contributed by atoms with E-state index in [4.69, 9.17) is 23.7 Å². The number of carboxylic acids is 1. The number of rotatable bonds is 13. The third kappa shape index (κ3) is 6.17. The van der Waals surface area contributed by atoms with E-state index in [9.17, 15) is 18.3 Å². The van der Waals surface area contributed by atoms with Crippen LogP contribution < -0.4 is 23.7 Å². The van der Waals surface area contributed by atoms with Crippen LogP contribution in [0.5, 0.6) is 23.0 Å². The Morgan fingerprint density at radius 1 is 0.906 bits per heavy atom. The number of sulfonamides is 1. The first kappa shape index (κ1) is 25.1. The number of aromatic carboxylic acids is 1. The molecule has 0 aliphatic carbocycles. The number of benzene rings is 2. The van der Waals surface area contributed by atoms with E-state index in [2.05, 4.69) is 4.72 Å². The van der Waals surface area contributed by atoms with Crippen molar-refractivity contribution in [2.24, 2.45) is 0 Å². The SMILES string of the molecule is CCOc1ccc(S(=O)(=O)Nc2cc(OCCOC)c(OC)cc2C(=O)O)cc1OCC. The summed E-state index contributed by atoms with van der Waals surface area (Å²) in [7, 11) is -1.32. The number of methoxy groups -OCH3 is 2. The van der Waals surface area contributed by atoms with Gasteiger partial charge in [-0.15, -0.1) is 0 Å². The molecule has 32 heavy (non-hydrogen) atoms. The van der Waals surface area contributed by atoms with Gasteiger partial charge in [-0.05, 0) is 26.0 Å². The van der Waals surface area contributed by atoms with E-state index in [-0.39, 0.29) is 46.6 Å². The van der Waals surface area contributed by atoms with Crippen LogP contribution in [-0.2, 0) is 14.8 Å². The summed E-state index contributed by atoms with van der Waals surface area (Å²) in [6.07, 6.45) is 0. The van der Waals surface area contributed by atoms with Crippen molar-refractivity contribution in [3.63, 3.8) is 0 Å². The Morgan fingerprint density at radius 3 is 2.16 bits per heavy atom. The van der Waals surface area contributed by atoms with Gasteiger partial charge in [0.05, 0.1) is 43.1 Å². The first-order valence-electron chi connectivity index (χ1n) is 9.76. The van der Waals surface area contributed by atoms with Crippen LogP contribution in [0.15, 0.2) is 35.2 Å². The molecule has 176 valence electrons. The molecule has 2 rings (SSSR count). The van der Waals surface area contributed by atoms with Crippen molar-refractivity contribution in [3.05, 3.63) is 35.9 Å². The summed E-state index contributed by atoms with van der Waals surface area (Å²) in [6.45, 7) is 4.67. The van der Waals surface area contributed by atoms with E-state index >= 15 is 0 Å². The summed E-state index contributed by atoms with van der Waals surface area (Å²) in [5.41, 5.74) is -0.488. The standard InChI is InChI=1S/C21H27NO9S/c1-5-29-17-8-7-14(11-19(17)30-6-2)32(25,26)22-16-13-20(31-10-9-27-3)18(28-4)12-15(16)21(23)24/h7-8,11-13,22H,5-6,9-10H2,1-4H3,(H,23,24). The zero-order valence-corrected chi connectivity index (χ0v) is 19.2. The predicted molar refractivity (Wildman–Crippen MR) is 117 cm³/mol. The molecule has 0 amide bonds. The molecule has 0 spiro atoms. The first-order valence-corrected chi connectivity index (χ1v) is 11.2. The minimum atomic E-state index is -4.17. The molecule has 2 N–H and O–H groups in total. The lowest BCUT2D eigenvalue weighted by molar-refractivity contribution is 0.0697. The van der Waals surface area contributed by atoms with Crippen molar-refractivity contribution in [1.82, 2.24) is 0 Å². The van der Waals surface area contributed by atoms with Gasteiger partial charge in [0.1, 0.15) is 6.61 Å². The van der Waals surface area contributed by atoms with Crippen molar-refractivity contribution >= 4 is 21.7 Å². The highest BCUT2D eigenvalue weighted by Gasteiger charge is 2.23. The van der Waals surface area contributed by atoms with E-state index in [0.717, 1.165) is 0 Å². The van der Waals surface area contributed by atoms with Gasteiger partial charge < -0.3 is 28.8 Å². The van der Waals surface area contributed by atoms with Gasteiger partial charge in [-0.25, -0.2) is 13.2 Å². The van der Waals surface area contributed by atoms with Crippen LogP contribution in [0.25, 0.3) is 0 Å². The molecule has 2 aromatic rings. The van der Waals surface area contributed by atoms with Crippen molar-refractivity contribution in [1.29, 1.82) is 0 Å². The average Bonchev–Trinajstić information content (AvgIpc) is 2.75. The van der Waals surface area contributed by atoms with Crippen molar-refractivity contribution in [2.45, 2.75) is 18.7 Å². The van der Waals surface area contributed by atoms with E-state index in [1.807, 2.05) is 0 Å². The van der Waals surface area contributed by atoms with Crippen LogP contribution in [0.3, 0.4) is 0 Å². The monoisotopic (exact) mass is 469 g/mol. The molecule has 0 aliphatic rings. The van der Waals surface area contributed by atoms with Crippen LogP contribution in [-0.4, -0.2) is 60.1 Å². The number of carboxylic acid groups (broad SMARTS) is 1. The van der Waals surface area contributed by atoms with Gasteiger partial charge >= 0.3 is 5.97 Å². The summed E-state index contributed by atoms with van der Waals surface area (Å²) in [5.74, 6) is -0.381. The minimum Gasteiger partial charge on any atom is -0.493 e. The molecule has 0 aromatic heterocycles. The molecule has 0 heterocycles. The van der Waals surface area contributed by atoms with Gasteiger partial charge in [-0.2, -0.15) is 0 Å². The number of carbonyl (C=O) groups is 1. The smallest absolute Gasteiger partial charge is 0.337 e. The summed E-state index contributed by atoms with van der Waals surface area (Å²) >= 11 is 0. The van der Waals surface area contributed by atoms with E-state index in [1.165, 1.54) is 44.6 Å². The number of anilines is 1. The molecule has 0 atom stereocenters. The summed E-state index contributed by atoms with van der Waals surface area (Å²) in [5, 5.41) is 9.58. The van der Waals surface area contributed by atoms with Gasteiger partial charge in [0.15, 0.2) is 23.0 Å². The Kier molecular flexibility index (Phi) is 8.97. The fraction of sp³-hybridized carbons (Fsp3) is 0.381. The molecule has 0 bridgehead atoms. The van der Waals surface area contributed by atoms with E-state index < -0.39 is 16.0 Å². The Labute approximate surface area is 187 Å². The predicted octanol–water partition coefficient (Wildman–Crippen LogP) is 3.02. The molecule has 0 unspecified atom stereocenters. The zero-order chi connectivity index (χ0) is 23.7. The molecule has 0 radical (unpaired) electrons. The summed E-state index contributed by atoms with van der Waals surface area (Å²) in [6, 6.07) is 6.58. The number of nitrogens with one attached hydrogen (secondary N) is 1. The quantitative estimate of drug-likeness (QED) is 0.425. The Balaban J connectivity index is 2.47. The van der Waals surface area contributed by atoms with Gasteiger partial charge in [-0.3, -0.25) is 4.72 Å². The highest BCUT2D eigenvalue weighted by atomic mass is 32.2. The van der Waals surface area contributed by atoms with E-state index in [0.29, 0.717) is 19.0 Å². The van der Waals surface area contributed by atoms with Crippen LogP contribution in [0.2, 0.25) is 0 Å². The molecular weight excluding hydrogens is 442 g/mol. The lowest BCUT2D eigenvalue weighted by atomic mass is 10.1. The maximum absolute atomic E-state index is 13.0. The van der Waals surface area contributed by atoms with Gasteiger partial charge in [0.25, 0.3) is 10.0 Å². The van der Waals surface area contributed by atoms with Crippen LogP contribution >= 0.6 is 0 Å². The lowest BCUT2D eigenvalue weighted by Crippen LogP contribution is -2.16. The molecule has 0 fully saturated rings. The molecule has 0 saturated heterocycles. The van der Waals surface area contributed by atoms with Crippen LogP contribution in [0.4, 0.5) is 5.69 Å². The first-order chi connectivity index (χ1) is 15.3. The average molecular weight is 470 g/mol.